The Hall–Kier alpha value is -3.71. The normalized spacial score (nSPS) is 19.3. The highest BCUT2D eigenvalue weighted by atomic mass is 19.1. The van der Waals surface area contributed by atoms with E-state index in [1.807, 2.05) is 0 Å². The van der Waals surface area contributed by atoms with Gasteiger partial charge in [0.15, 0.2) is 5.82 Å². The number of hydrogen-bond acceptors (Lipinski definition) is 7. The molecule has 10 heteroatoms. The third kappa shape index (κ3) is 4.16. The molecule has 1 aliphatic heterocycles. The van der Waals surface area contributed by atoms with Crippen LogP contribution in [0.5, 0.6) is 0 Å². The van der Waals surface area contributed by atoms with Gasteiger partial charge in [-0.25, -0.2) is 4.39 Å². The van der Waals surface area contributed by atoms with Crippen LogP contribution in [0.2, 0.25) is 0 Å². The lowest BCUT2D eigenvalue weighted by Crippen LogP contribution is -2.40. The second-order valence-corrected chi connectivity index (χ2v) is 7.19. The Morgan fingerprint density at radius 2 is 2.17 bits per heavy atom. The largest absolute Gasteiger partial charge is 0.365 e. The van der Waals surface area contributed by atoms with E-state index in [4.69, 9.17) is 10.3 Å². The predicted molar refractivity (Wildman–Crippen MR) is 105 cm³/mol. The van der Waals surface area contributed by atoms with Crippen molar-refractivity contribution in [3.8, 4) is 6.07 Å². The Morgan fingerprint density at radius 3 is 2.83 bits per heavy atom. The van der Waals surface area contributed by atoms with Crippen LogP contribution in [-0.2, 0) is 6.54 Å². The minimum atomic E-state index is -0.636. The van der Waals surface area contributed by atoms with Crippen LogP contribution in [0.25, 0.3) is 0 Å². The zero-order chi connectivity index (χ0) is 21.1. The number of piperidine rings is 1. The molecule has 30 heavy (non-hydrogen) atoms. The number of amides is 1. The molecular weight excluding hydrogens is 389 g/mol. The van der Waals surface area contributed by atoms with Crippen molar-refractivity contribution in [1.82, 2.24) is 19.8 Å². The lowest BCUT2D eigenvalue weighted by atomic mass is 9.93. The van der Waals surface area contributed by atoms with Crippen LogP contribution in [0.4, 0.5) is 15.9 Å². The van der Waals surface area contributed by atoms with Crippen LogP contribution in [0.1, 0.15) is 28.5 Å². The Bertz CT molecular complexity index is 1060. The van der Waals surface area contributed by atoms with Gasteiger partial charge < -0.3 is 15.6 Å². The summed E-state index contributed by atoms with van der Waals surface area (Å²) >= 11 is 0. The van der Waals surface area contributed by atoms with E-state index in [2.05, 4.69) is 26.5 Å². The van der Waals surface area contributed by atoms with Crippen LogP contribution < -0.4 is 11.1 Å². The fourth-order valence-electron chi connectivity index (χ4n) is 3.65. The molecule has 4 rings (SSSR count). The molecule has 0 aliphatic carbocycles. The Kier molecular flexibility index (Phi) is 5.45. The summed E-state index contributed by atoms with van der Waals surface area (Å²) in [6, 6.07) is 9.64. The second-order valence-electron chi connectivity index (χ2n) is 7.19. The van der Waals surface area contributed by atoms with Gasteiger partial charge in [-0.3, -0.25) is 14.4 Å². The topological polar surface area (TPSA) is 126 Å². The summed E-state index contributed by atoms with van der Waals surface area (Å²) in [6.07, 6.45) is 3.76. The van der Waals surface area contributed by atoms with Gasteiger partial charge in [0.25, 0.3) is 5.91 Å². The van der Waals surface area contributed by atoms with E-state index in [0.717, 1.165) is 12.2 Å². The van der Waals surface area contributed by atoms with Crippen molar-refractivity contribution in [2.24, 2.45) is 11.7 Å². The van der Waals surface area contributed by atoms with E-state index in [1.54, 1.807) is 29.1 Å². The molecule has 154 valence electrons. The van der Waals surface area contributed by atoms with Gasteiger partial charge in [-0.15, -0.1) is 0 Å². The number of hydrogen-bond donors (Lipinski definition) is 2. The number of halogens is 1. The Morgan fingerprint density at radius 1 is 1.37 bits per heavy atom. The van der Waals surface area contributed by atoms with Gasteiger partial charge in [0.1, 0.15) is 17.6 Å². The number of nitriles is 1. The first-order chi connectivity index (χ1) is 14.5. The zero-order valence-electron chi connectivity index (χ0n) is 16.0. The first kappa shape index (κ1) is 19.6. The summed E-state index contributed by atoms with van der Waals surface area (Å²) < 4.78 is 19.6. The SMILES string of the molecule is N#CC1CN(Cc2ccon2)CCC1n1cc(C(N)=O)c(Nc2ccc(F)cc2)n1. The molecule has 3 aromatic rings. The van der Waals surface area contributed by atoms with Crippen LogP contribution >= 0.6 is 0 Å². The highest BCUT2D eigenvalue weighted by Gasteiger charge is 2.32. The van der Waals surface area contributed by atoms with Gasteiger partial charge >= 0.3 is 0 Å². The van der Waals surface area contributed by atoms with Gasteiger partial charge in [0.2, 0.25) is 0 Å². The van der Waals surface area contributed by atoms with Crippen LogP contribution in [-0.4, -0.2) is 38.8 Å². The fourth-order valence-corrected chi connectivity index (χ4v) is 3.65. The van der Waals surface area contributed by atoms with Gasteiger partial charge in [-0.1, -0.05) is 5.16 Å². The summed E-state index contributed by atoms with van der Waals surface area (Å²) in [5.74, 6) is -1.06. The molecule has 1 fully saturated rings. The standard InChI is InChI=1S/C20H20FN7O2/c21-14-1-3-15(4-2-14)24-20-17(19(23)29)12-28(25-20)18-5-7-27(10-13(18)9-22)11-16-6-8-30-26-16/h1-4,6,8,12-13,18H,5,7,10-11H2,(H2,23,29)(H,24,25). The summed E-state index contributed by atoms with van der Waals surface area (Å²) in [6.45, 7) is 1.88. The summed E-state index contributed by atoms with van der Waals surface area (Å²) in [4.78, 5) is 14.1. The first-order valence-corrected chi connectivity index (χ1v) is 9.46. The zero-order valence-corrected chi connectivity index (χ0v) is 16.0. The van der Waals surface area contributed by atoms with Crippen molar-refractivity contribution in [2.45, 2.75) is 19.0 Å². The minimum absolute atomic E-state index is 0.203. The van der Waals surface area contributed by atoms with Crippen LogP contribution in [0, 0.1) is 23.1 Å². The van der Waals surface area contributed by atoms with E-state index in [9.17, 15) is 14.4 Å². The van der Waals surface area contributed by atoms with E-state index in [0.29, 0.717) is 25.2 Å². The molecule has 1 amide bonds. The number of benzene rings is 1. The summed E-state index contributed by atoms with van der Waals surface area (Å²) in [5.41, 5.74) is 7.11. The van der Waals surface area contributed by atoms with Crippen LogP contribution in [0.3, 0.4) is 0 Å². The molecule has 3 heterocycles. The number of rotatable bonds is 6. The predicted octanol–water partition coefficient (Wildman–Crippen LogP) is 2.44. The minimum Gasteiger partial charge on any atom is -0.365 e. The third-order valence-corrected chi connectivity index (χ3v) is 5.15. The van der Waals surface area contributed by atoms with E-state index < -0.39 is 5.91 Å². The number of likely N-dealkylation sites (tertiary alicyclic amines) is 1. The number of nitrogens with zero attached hydrogens (tertiary/aromatic N) is 5. The second kappa shape index (κ2) is 8.34. The molecule has 0 spiro atoms. The maximum Gasteiger partial charge on any atom is 0.254 e. The molecule has 2 atom stereocenters. The van der Waals surface area contributed by atoms with E-state index in [-0.39, 0.29) is 29.2 Å². The molecule has 1 aromatic carbocycles. The number of aromatic nitrogens is 3. The number of primary amides is 1. The lowest BCUT2D eigenvalue weighted by molar-refractivity contribution is 0.100. The van der Waals surface area contributed by atoms with Crippen LogP contribution in [0.15, 0.2) is 47.3 Å². The number of carbonyl (C=O) groups is 1. The van der Waals surface area contributed by atoms with Crippen molar-refractivity contribution >= 4 is 17.4 Å². The molecule has 0 saturated carbocycles. The highest BCUT2D eigenvalue weighted by molar-refractivity contribution is 5.98. The average molecular weight is 409 g/mol. The van der Waals surface area contributed by atoms with Gasteiger partial charge in [-0.05, 0) is 30.7 Å². The number of nitrogens with two attached hydrogens (primary N) is 1. The maximum atomic E-state index is 13.1. The van der Waals surface area contributed by atoms with Crippen molar-refractivity contribution < 1.29 is 13.7 Å². The smallest absolute Gasteiger partial charge is 0.254 e. The molecular formula is C20H20FN7O2. The number of carbonyl (C=O) groups excluding carboxylic acids is 1. The monoisotopic (exact) mass is 409 g/mol. The summed E-state index contributed by atoms with van der Waals surface area (Å²) in [7, 11) is 0. The lowest BCUT2D eigenvalue weighted by Gasteiger charge is -2.34. The number of anilines is 2. The molecule has 3 N–H and O–H groups in total. The molecule has 0 radical (unpaired) electrons. The van der Waals surface area contributed by atoms with Crippen molar-refractivity contribution in [2.75, 3.05) is 18.4 Å². The summed E-state index contributed by atoms with van der Waals surface area (Å²) in [5, 5.41) is 21.1. The molecule has 1 saturated heterocycles. The Labute approximate surface area is 171 Å². The quantitative estimate of drug-likeness (QED) is 0.640. The molecule has 0 bridgehead atoms. The van der Waals surface area contributed by atoms with Gasteiger partial charge in [0.05, 0.1) is 23.7 Å². The molecule has 2 aromatic heterocycles. The maximum absolute atomic E-state index is 13.1. The fraction of sp³-hybridized carbons (Fsp3) is 0.300. The van der Waals surface area contributed by atoms with E-state index >= 15 is 0 Å². The first-order valence-electron chi connectivity index (χ1n) is 9.46. The molecule has 1 aliphatic rings. The molecule has 2 unspecified atom stereocenters. The van der Waals surface area contributed by atoms with Crippen molar-refractivity contribution in [3.63, 3.8) is 0 Å². The van der Waals surface area contributed by atoms with Crippen molar-refractivity contribution in [1.29, 1.82) is 5.26 Å². The highest BCUT2D eigenvalue weighted by Crippen LogP contribution is 2.30. The third-order valence-electron chi connectivity index (χ3n) is 5.15. The van der Waals surface area contributed by atoms with Gasteiger partial charge in [0, 0.05) is 37.6 Å². The average Bonchev–Trinajstić information content (AvgIpc) is 3.39. The van der Waals surface area contributed by atoms with Gasteiger partial charge in [-0.2, -0.15) is 10.4 Å². The van der Waals surface area contributed by atoms with Crippen molar-refractivity contribution in [3.05, 3.63) is 59.9 Å². The Balaban J connectivity index is 1.53. The van der Waals surface area contributed by atoms with E-state index in [1.165, 1.54) is 18.4 Å². The molecule has 9 nitrogen and oxygen atoms in total. The number of nitrogens with one attached hydrogen (secondary N) is 1.